The molecule has 3 rings (SSSR count). The second kappa shape index (κ2) is 5.84. The number of rotatable bonds is 4. The predicted octanol–water partition coefficient (Wildman–Crippen LogP) is 4.38. The summed E-state index contributed by atoms with van der Waals surface area (Å²) in [6.45, 7) is 1.76. The number of aliphatic hydroxyl groups is 1. The minimum atomic E-state index is -0.576. The standard InChI is InChI=1S/C17H17NO2S/c1-11(19)17-14(20-2)8-5-9-15(17)21-16-10-12-6-3-4-7-13(12)18-16/h3-11,18-19H,1-2H3. The highest BCUT2D eigenvalue weighted by atomic mass is 32.2. The molecule has 1 unspecified atom stereocenters. The third-order valence-electron chi connectivity index (χ3n) is 3.39. The monoisotopic (exact) mass is 299 g/mol. The molecule has 0 aliphatic carbocycles. The van der Waals surface area contributed by atoms with Gasteiger partial charge < -0.3 is 14.8 Å². The maximum Gasteiger partial charge on any atom is 0.125 e. The van der Waals surface area contributed by atoms with Crippen LogP contribution in [-0.4, -0.2) is 17.2 Å². The van der Waals surface area contributed by atoms with Crippen LogP contribution >= 0.6 is 11.8 Å². The maximum atomic E-state index is 10.0. The van der Waals surface area contributed by atoms with Crippen LogP contribution in [0, 0.1) is 0 Å². The third kappa shape index (κ3) is 2.77. The zero-order valence-corrected chi connectivity index (χ0v) is 12.8. The number of methoxy groups -OCH3 is 1. The zero-order valence-electron chi connectivity index (χ0n) is 12.0. The molecule has 0 aliphatic rings. The normalized spacial score (nSPS) is 12.5. The second-order valence-electron chi connectivity index (χ2n) is 4.87. The lowest BCUT2D eigenvalue weighted by molar-refractivity contribution is 0.191. The van der Waals surface area contributed by atoms with E-state index in [1.807, 2.05) is 30.3 Å². The molecule has 0 bridgehead atoms. The predicted molar refractivity (Wildman–Crippen MR) is 86.0 cm³/mol. The summed E-state index contributed by atoms with van der Waals surface area (Å²) in [6.07, 6.45) is -0.576. The average Bonchev–Trinajstić information content (AvgIpc) is 2.88. The largest absolute Gasteiger partial charge is 0.496 e. The molecule has 108 valence electrons. The van der Waals surface area contributed by atoms with Gasteiger partial charge in [0.15, 0.2) is 0 Å². The molecule has 0 radical (unpaired) electrons. The first-order chi connectivity index (χ1) is 10.2. The van der Waals surface area contributed by atoms with Crippen molar-refractivity contribution >= 4 is 22.7 Å². The molecule has 21 heavy (non-hydrogen) atoms. The topological polar surface area (TPSA) is 45.2 Å². The van der Waals surface area contributed by atoms with E-state index < -0.39 is 6.10 Å². The molecule has 0 saturated heterocycles. The average molecular weight is 299 g/mol. The van der Waals surface area contributed by atoms with Crippen molar-refractivity contribution < 1.29 is 9.84 Å². The highest BCUT2D eigenvalue weighted by Gasteiger charge is 2.15. The number of H-pyrrole nitrogens is 1. The van der Waals surface area contributed by atoms with Crippen LogP contribution in [0.4, 0.5) is 0 Å². The number of para-hydroxylation sites is 1. The van der Waals surface area contributed by atoms with Gasteiger partial charge in [-0.15, -0.1) is 0 Å². The number of hydrogen-bond acceptors (Lipinski definition) is 3. The van der Waals surface area contributed by atoms with Crippen LogP contribution in [0.5, 0.6) is 5.75 Å². The van der Waals surface area contributed by atoms with Crippen LogP contribution in [0.15, 0.2) is 58.5 Å². The van der Waals surface area contributed by atoms with Gasteiger partial charge in [0, 0.05) is 21.4 Å². The fraction of sp³-hybridized carbons (Fsp3) is 0.176. The molecule has 4 heteroatoms. The number of fused-ring (bicyclic) bond motifs is 1. The zero-order chi connectivity index (χ0) is 14.8. The fourth-order valence-electron chi connectivity index (χ4n) is 2.42. The molecule has 0 spiro atoms. The minimum absolute atomic E-state index is 0.576. The van der Waals surface area contributed by atoms with Crippen molar-refractivity contribution in [1.29, 1.82) is 0 Å². The van der Waals surface area contributed by atoms with Crippen molar-refractivity contribution in [3.8, 4) is 5.75 Å². The Morgan fingerprint density at radius 3 is 2.67 bits per heavy atom. The summed E-state index contributed by atoms with van der Waals surface area (Å²) in [5.41, 5.74) is 1.94. The number of ether oxygens (including phenoxy) is 1. The van der Waals surface area contributed by atoms with E-state index in [2.05, 4.69) is 23.2 Å². The van der Waals surface area contributed by atoms with Gasteiger partial charge in [-0.2, -0.15) is 0 Å². The van der Waals surface area contributed by atoms with Gasteiger partial charge in [0.25, 0.3) is 0 Å². The Hall–Kier alpha value is -1.91. The van der Waals surface area contributed by atoms with E-state index in [1.165, 1.54) is 5.39 Å². The Labute approximate surface area is 128 Å². The van der Waals surface area contributed by atoms with Crippen molar-refractivity contribution in [3.05, 3.63) is 54.1 Å². The molecular formula is C17H17NO2S. The molecule has 1 atom stereocenters. The van der Waals surface area contributed by atoms with Gasteiger partial charge >= 0.3 is 0 Å². The van der Waals surface area contributed by atoms with Crippen molar-refractivity contribution in [2.24, 2.45) is 0 Å². The van der Waals surface area contributed by atoms with Gasteiger partial charge in [-0.1, -0.05) is 36.0 Å². The van der Waals surface area contributed by atoms with Gasteiger partial charge in [-0.3, -0.25) is 0 Å². The highest BCUT2D eigenvalue weighted by Crippen LogP contribution is 2.38. The van der Waals surface area contributed by atoms with E-state index in [4.69, 9.17) is 4.74 Å². The summed E-state index contributed by atoms with van der Waals surface area (Å²) in [6, 6.07) is 16.1. The smallest absolute Gasteiger partial charge is 0.125 e. The Kier molecular flexibility index (Phi) is 3.90. The van der Waals surface area contributed by atoms with Crippen molar-refractivity contribution in [2.75, 3.05) is 7.11 Å². The maximum absolute atomic E-state index is 10.0. The number of benzene rings is 2. The van der Waals surface area contributed by atoms with Crippen molar-refractivity contribution in [3.63, 3.8) is 0 Å². The van der Waals surface area contributed by atoms with Gasteiger partial charge in [0.1, 0.15) is 5.75 Å². The molecule has 0 aliphatic heterocycles. The molecule has 0 saturated carbocycles. The van der Waals surface area contributed by atoms with E-state index in [0.29, 0.717) is 5.75 Å². The number of aliphatic hydroxyl groups excluding tert-OH is 1. The second-order valence-corrected chi connectivity index (χ2v) is 5.95. The first-order valence-electron chi connectivity index (χ1n) is 6.79. The summed E-state index contributed by atoms with van der Waals surface area (Å²) >= 11 is 1.60. The third-order valence-corrected chi connectivity index (χ3v) is 4.40. The van der Waals surface area contributed by atoms with Crippen LogP contribution in [0.25, 0.3) is 10.9 Å². The van der Waals surface area contributed by atoms with Crippen molar-refractivity contribution in [2.45, 2.75) is 22.9 Å². The summed E-state index contributed by atoms with van der Waals surface area (Å²) in [4.78, 5) is 4.38. The molecule has 2 N–H and O–H groups in total. The SMILES string of the molecule is COc1cccc(Sc2cc3ccccc3[nH]2)c1C(C)O. The number of hydrogen-bond donors (Lipinski definition) is 2. The Morgan fingerprint density at radius 2 is 1.95 bits per heavy atom. The summed E-state index contributed by atoms with van der Waals surface area (Å²) in [5, 5.41) is 12.3. The fourth-order valence-corrected chi connectivity index (χ4v) is 3.53. The molecule has 1 aromatic heterocycles. The Morgan fingerprint density at radius 1 is 1.14 bits per heavy atom. The van der Waals surface area contributed by atoms with E-state index in [1.54, 1.807) is 25.8 Å². The van der Waals surface area contributed by atoms with Gasteiger partial charge in [0.2, 0.25) is 0 Å². The lowest BCUT2D eigenvalue weighted by Gasteiger charge is -2.15. The van der Waals surface area contributed by atoms with Crippen LogP contribution < -0.4 is 4.74 Å². The summed E-state index contributed by atoms with van der Waals surface area (Å²) in [5.74, 6) is 0.714. The Bertz CT molecular complexity index is 731. The summed E-state index contributed by atoms with van der Waals surface area (Å²) in [7, 11) is 1.62. The van der Waals surface area contributed by atoms with E-state index in [0.717, 1.165) is 21.0 Å². The number of aromatic amines is 1. The molecule has 1 heterocycles. The van der Waals surface area contributed by atoms with Gasteiger partial charge in [0.05, 0.1) is 18.2 Å². The molecule has 3 nitrogen and oxygen atoms in total. The lowest BCUT2D eigenvalue weighted by atomic mass is 10.1. The van der Waals surface area contributed by atoms with E-state index >= 15 is 0 Å². The minimum Gasteiger partial charge on any atom is -0.496 e. The van der Waals surface area contributed by atoms with Crippen LogP contribution in [0.2, 0.25) is 0 Å². The number of nitrogens with one attached hydrogen (secondary N) is 1. The van der Waals surface area contributed by atoms with Crippen LogP contribution in [0.1, 0.15) is 18.6 Å². The Balaban J connectivity index is 2.01. The number of aromatic nitrogens is 1. The highest BCUT2D eigenvalue weighted by molar-refractivity contribution is 7.99. The summed E-state index contributed by atoms with van der Waals surface area (Å²) < 4.78 is 5.36. The lowest BCUT2D eigenvalue weighted by Crippen LogP contribution is -1.98. The van der Waals surface area contributed by atoms with Crippen LogP contribution in [-0.2, 0) is 0 Å². The van der Waals surface area contributed by atoms with Crippen molar-refractivity contribution in [1.82, 2.24) is 4.98 Å². The van der Waals surface area contributed by atoms with Gasteiger partial charge in [-0.25, -0.2) is 0 Å². The first kappa shape index (κ1) is 14.0. The first-order valence-corrected chi connectivity index (χ1v) is 7.61. The molecule has 2 aromatic carbocycles. The van der Waals surface area contributed by atoms with Crippen LogP contribution in [0.3, 0.4) is 0 Å². The van der Waals surface area contributed by atoms with E-state index in [-0.39, 0.29) is 0 Å². The molecule has 0 amide bonds. The molecule has 3 aromatic rings. The van der Waals surface area contributed by atoms with E-state index in [9.17, 15) is 5.11 Å². The molecular weight excluding hydrogens is 282 g/mol. The quantitative estimate of drug-likeness (QED) is 0.751. The molecule has 0 fully saturated rings. The van der Waals surface area contributed by atoms with Gasteiger partial charge in [-0.05, 0) is 31.2 Å².